The normalized spacial score (nSPS) is 21.0. The number of methoxy groups -OCH3 is 1. The average Bonchev–Trinajstić information content (AvgIpc) is 2.55. The Kier molecular flexibility index (Phi) is 6.71. The molecule has 1 amide bonds. The number of carbonyl (C=O) groups is 1. The Bertz CT molecular complexity index is 572. The fourth-order valence-corrected chi connectivity index (χ4v) is 2.96. The molecule has 0 aliphatic heterocycles. The van der Waals surface area contributed by atoms with Crippen LogP contribution in [0, 0.1) is 5.92 Å². The molecule has 0 radical (unpaired) electrons. The summed E-state index contributed by atoms with van der Waals surface area (Å²) in [7, 11) is 1.62. The zero-order valence-corrected chi connectivity index (χ0v) is 15.2. The summed E-state index contributed by atoms with van der Waals surface area (Å²) >= 11 is 0. The van der Waals surface area contributed by atoms with Crippen LogP contribution in [0.25, 0.3) is 6.08 Å². The van der Waals surface area contributed by atoms with Gasteiger partial charge in [-0.05, 0) is 69.2 Å². The maximum atomic E-state index is 12.1. The van der Waals surface area contributed by atoms with Gasteiger partial charge in [0.1, 0.15) is 0 Å². The van der Waals surface area contributed by atoms with Gasteiger partial charge in [-0.3, -0.25) is 4.79 Å². The lowest BCUT2D eigenvalue weighted by atomic mass is 9.87. The van der Waals surface area contributed by atoms with Crippen LogP contribution in [0.3, 0.4) is 0 Å². The molecule has 0 saturated heterocycles. The van der Waals surface area contributed by atoms with Crippen LogP contribution in [0.2, 0.25) is 0 Å². The quantitative estimate of drug-likeness (QED) is 0.795. The molecule has 1 aromatic carbocycles. The summed E-state index contributed by atoms with van der Waals surface area (Å²) in [5, 5.41) is 3.09. The molecule has 1 aliphatic rings. The van der Waals surface area contributed by atoms with Gasteiger partial charge in [-0.1, -0.05) is 13.0 Å². The van der Waals surface area contributed by atoms with Gasteiger partial charge >= 0.3 is 0 Å². The first kappa shape index (κ1) is 18.4. The largest absolute Gasteiger partial charge is 0.493 e. The van der Waals surface area contributed by atoms with Crippen molar-refractivity contribution in [3.05, 3.63) is 29.8 Å². The van der Waals surface area contributed by atoms with Crippen molar-refractivity contribution in [1.29, 1.82) is 0 Å². The Balaban J connectivity index is 1.94. The van der Waals surface area contributed by atoms with Gasteiger partial charge in [0.25, 0.3) is 0 Å². The second kappa shape index (κ2) is 8.76. The first-order valence-corrected chi connectivity index (χ1v) is 8.81. The SMILES string of the molecule is COc1cc(/C=C/C(=O)NC2CCC(C)CC2)ccc1OC(C)C. The zero-order valence-electron chi connectivity index (χ0n) is 15.2. The monoisotopic (exact) mass is 331 g/mol. The van der Waals surface area contributed by atoms with Crippen LogP contribution in [-0.4, -0.2) is 25.2 Å². The van der Waals surface area contributed by atoms with Crippen molar-refractivity contribution in [3.8, 4) is 11.5 Å². The van der Waals surface area contributed by atoms with Crippen molar-refractivity contribution >= 4 is 12.0 Å². The van der Waals surface area contributed by atoms with Crippen molar-refractivity contribution in [3.63, 3.8) is 0 Å². The van der Waals surface area contributed by atoms with E-state index >= 15 is 0 Å². The molecule has 1 fully saturated rings. The molecule has 1 aromatic rings. The highest BCUT2D eigenvalue weighted by Crippen LogP contribution is 2.29. The molecule has 1 N–H and O–H groups in total. The number of rotatable bonds is 6. The van der Waals surface area contributed by atoms with E-state index in [0.717, 1.165) is 24.3 Å². The standard InChI is InChI=1S/C20H29NO3/c1-14(2)24-18-11-7-16(13-19(18)23-4)8-12-20(22)21-17-9-5-15(3)6-10-17/h7-8,11-15,17H,5-6,9-10H2,1-4H3,(H,21,22)/b12-8+. The number of benzene rings is 1. The summed E-state index contributed by atoms with van der Waals surface area (Å²) < 4.78 is 11.1. The van der Waals surface area contributed by atoms with Crippen molar-refractivity contribution < 1.29 is 14.3 Å². The highest BCUT2D eigenvalue weighted by molar-refractivity contribution is 5.92. The maximum absolute atomic E-state index is 12.1. The molecule has 0 bridgehead atoms. The highest BCUT2D eigenvalue weighted by atomic mass is 16.5. The van der Waals surface area contributed by atoms with Gasteiger partial charge in [0, 0.05) is 12.1 Å². The van der Waals surface area contributed by atoms with E-state index in [1.165, 1.54) is 12.8 Å². The van der Waals surface area contributed by atoms with E-state index < -0.39 is 0 Å². The van der Waals surface area contributed by atoms with Crippen LogP contribution in [0.1, 0.15) is 52.0 Å². The van der Waals surface area contributed by atoms with Crippen molar-refractivity contribution in [2.45, 2.75) is 58.6 Å². The minimum Gasteiger partial charge on any atom is -0.493 e. The summed E-state index contributed by atoms with van der Waals surface area (Å²) in [5.74, 6) is 2.14. The Morgan fingerprint density at radius 3 is 2.54 bits per heavy atom. The number of carbonyl (C=O) groups excluding carboxylic acids is 1. The summed E-state index contributed by atoms with van der Waals surface area (Å²) in [6, 6.07) is 5.99. The van der Waals surface area contributed by atoms with Crippen LogP contribution in [-0.2, 0) is 4.79 Å². The maximum Gasteiger partial charge on any atom is 0.244 e. The average molecular weight is 331 g/mol. The molecular weight excluding hydrogens is 302 g/mol. The fourth-order valence-electron chi connectivity index (χ4n) is 2.96. The summed E-state index contributed by atoms with van der Waals surface area (Å²) in [6.07, 6.45) is 8.04. The Labute approximate surface area is 145 Å². The summed E-state index contributed by atoms with van der Waals surface area (Å²) in [5.41, 5.74) is 0.912. The Morgan fingerprint density at radius 1 is 1.21 bits per heavy atom. The van der Waals surface area contributed by atoms with Crippen molar-refractivity contribution in [2.75, 3.05) is 7.11 Å². The van der Waals surface area contributed by atoms with Crippen LogP contribution >= 0.6 is 0 Å². The van der Waals surface area contributed by atoms with Gasteiger partial charge in [0.2, 0.25) is 5.91 Å². The smallest absolute Gasteiger partial charge is 0.244 e. The minimum atomic E-state index is -0.0315. The third-order valence-electron chi connectivity index (χ3n) is 4.34. The minimum absolute atomic E-state index is 0.0315. The lowest BCUT2D eigenvalue weighted by molar-refractivity contribution is -0.117. The molecule has 0 heterocycles. The highest BCUT2D eigenvalue weighted by Gasteiger charge is 2.18. The van der Waals surface area contributed by atoms with E-state index in [1.54, 1.807) is 13.2 Å². The van der Waals surface area contributed by atoms with E-state index in [1.807, 2.05) is 38.1 Å². The van der Waals surface area contributed by atoms with Crippen LogP contribution in [0.4, 0.5) is 0 Å². The number of hydrogen-bond donors (Lipinski definition) is 1. The predicted octanol–water partition coefficient (Wildman–Crippen LogP) is 4.19. The molecule has 2 rings (SSSR count). The second-order valence-electron chi connectivity index (χ2n) is 6.88. The molecule has 132 valence electrons. The molecule has 1 aliphatic carbocycles. The first-order valence-electron chi connectivity index (χ1n) is 8.81. The fraction of sp³-hybridized carbons (Fsp3) is 0.550. The van der Waals surface area contributed by atoms with E-state index in [4.69, 9.17) is 9.47 Å². The van der Waals surface area contributed by atoms with Gasteiger partial charge in [-0.2, -0.15) is 0 Å². The molecule has 1 saturated carbocycles. The first-order chi connectivity index (χ1) is 11.5. The molecule has 4 heteroatoms. The van der Waals surface area contributed by atoms with E-state index in [2.05, 4.69) is 12.2 Å². The molecule has 24 heavy (non-hydrogen) atoms. The predicted molar refractivity (Wildman–Crippen MR) is 97.4 cm³/mol. The molecule has 0 aromatic heterocycles. The number of hydrogen-bond acceptors (Lipinski definition) is 3. The van der Waals surface area contributed by atoms with Gasteiger partial charge in [0.05, 0.1) is 13.2 Å². The van der Waals surface area contributed by atoms with Gasteiger partial charge in [-0.25, -0.2) is 0 Å². The number of amides is 1. The Morgan fingerprint density at radius 2 is 1.92 bits per heavy atom. The number of ether oxygens (including phenoxy) is 2. The lowest BCUT2D eigenvalue weighted by Gasteiger charge is -2.26. The molecule has 0 unspecified atom stereocenters. The van der Waals surface area contributed by atoms with Gasteiger partial charge in [0.15, 0.2) is 11.5 Å². The third-order valence-corrected chi connectivity index (χ3v) is 4.34. The van der Waals surface area contributed by atoms with Crippen molar-refractivity contribution in [1.82, 2.24) is 5.32 Å². The molecular formula is C20H29NO3. The van der Waals surface area contributed by atoms with Crippen molar-refractivity contribution in [2.24, 2.45) is 5.92 Å². The second-order valence-corrected chi connectivity index (χ2v) is 6.88. The zero-order chi connectivity index (χ0) is 17.5. The van der Waals surface area contributed by atoms with Gasteiger partial charge < -0.3 is 14.8 Å². The lowest BCUT2D eigenvalue weighted by Crippen LogP contribution is -2.36. The number of nitrogens with one attached hydrogen (secondary N) is 1. The summed E-state index contributed by atoms with van der Waals surface area (Å²) in [6.45, 7) is 6.23. The van der Waals surface area contributed by atoms with Gasteiger partial charge in [-0.15, -0.1) is 0 Å². The third kappa shape index (κ3) is 5.59. The molecule has 0 atom stereocenters. The molecule has 4 nitrogen and oxygen atoms in total. The molecule has 0 spiro atoms. The van der Waals surface area contributed by atoms with Crippen LogP contribution in [0.15, 0.2) is 24.3 Å². The van der Waals surface area contributed by atoms with E-state index in [-0.39, 0.29) is 12.0 Å². The Hall–Kier alpha value is -1.97. The summed E-state index contributed by atoms with van der Waals surface area (Å²) in [4.78, 5) is 12.1. The van der Waals surface area contributed by atoms with E-state index in [9.17, 15) is 4.79 Å². The van der Waals surface area contributed by atoms with Crippen LogP contribution < -0.4 is 14.8 Å². The van der Waals surface area contributed by atoms with E-state index in [0.29, 0.717) is 17.5 Å². The van der Waals surface area contributed by atoms with Crippen LogP contribution in [0.5, 0.6) is 11.5 Å². The topological polar surface area (TPSA) is 47.6 Å².